The second kappa shape index (κ2) is 13.3. The van der Waals surface area contributed by atoms with E-state index in [2.05, 4.69) is 37.6 Å². The lowest BCUT2D eigenvalue weighted by atomic mass is 9.89. The summed E-state index contributed by atoms with van der Waals surface area (Å²) in [5.41, 5.74) is -1.86. The van der Waals surface area contributed by atoms with Gasteiger partial charge in [0.25, 0.3) is 5.91 Å². The maximum absolute atomic E-state index is 13.4. The minimum absolute atomic E-state index is 0.0761. The maximum Gasteiger partial charge on any atom is 0.471 e. The van der Waals surface area contributed by atoms with E-state index >= 15 is 0 Å². The van der Waals surface area contributed by atoms with Gasteiger partial charge in [0, 0.05) is 23.4 Å². The highest BCUT2D eigenvalue weighted by Gasteiger charge is 2.57. The number of anilines is 1. The molecule has 3 amide bonds. The summed E-state index contributed by atoms with van der Waals surface area (Å²) in [7, 11) is 0. The number of hydrogen-bond acceptors (Lipinski definition) is 13. The molecule has 3 fully saturated rings. The van der Waals surface area contributed by atoms with E-state index in [9.17, 15) is 37.5 Å². The number of carboxylic acids is 1. The van der Waals surface area contributed by atoms with Crippen LogP contribution in [0.5, 0.6) is 0 Å². The molecule has 0 spiro atoms. The molecule has 2 aromatic rings. The lowest BCUT2D eigenvalue weighted by Gasteiger charge is -2.53. The minimum atomic E-state index is -5.14. The zero-order chi connectivity index (χ0) is 32.4. The molecule has 2 aliphatic heterocycles. The molecule has 0 aromatic carbocycles. The molecule has 21 heteroatoms. The Morgan fingerprint density at radius 1 is 1.31 bits per heavy atom. The van der Waals surface area contributed by atoms with Crippen LogP contribution < -0.4 is 10.6 Å². The maximum atomic E-state index is 13.4. The van der Waals surface area contributed by atoms with Crippen molar-refractivity contribution in [3.8, 4) is 0 Å². The summed E-state index contributed by atoms with van der Waals surface area (Å²) >= 11 is 2.99. The molecule has 3 aliphatic rings. The number of thiazole rings is 1. The largest absolute Gasteiger partial charge is 0.481 e. The van der Waals surface area contributed by atoms with Gasteiger partial charge >= 0.3 is 18.1 Å². The Bertz CT molecular complexity index is 1510. The molecule has 4 heterocycles. The Balaban J connectivity index is 1.27. The third kappa shape index (κ3) is 7.08. The summed E-state index contributed by atoms with van der Waals surface area (Å²) in [6.07, 6.45) is -0.613. The summed E-state index contributed by atoms with van der Waals surface area (Å²) in [5.74, 6) is -4.51. The number of fused-ring (bicyclic) bond motifs is 1. The van der Waals surface area contributed by atoms with Gasteiger partial charge in [0.15, 0.2) is 10.8 Å². The summed E-state index contributed by atoms with van der Waals surface area (Å²) in [5, 5.41) is 30.3. The van der Waals surface area contributed by atoms with Crippen LogP contribution in [0.3, 0.4) is 0 Å². The van der Waals surface area contributed by atoms with Gasteiger partial charge in [-0.3, -0.25) is 24.5 Å². The number of allylic oxidation sites excluding steroid dienone is 1. The van der Waals surface area contributed by atoms with Crippen LogP contribution >= 0.6 is 34.9 Å². The monoisotopic (exact) mass is 689 g/mol. The van der Waals surface area contributed by atoms with Crippen LogP contribution in [0.15, 0.2) is 28.3 Å². The SMILES string of the molecule is C=CCn1nnnc1SCC1(C(=O)O)CS[C@@H]2C(NC(=O)C(=NOC3CCCC3)c3csc(NC(=O)C(F)(F)F)n3)C(=O)N2C1. The predicted octanol–water partition coefficient (Wildman–Crippen LogP) is 1.74. The van der Waals surface area contributed by atoms with Crippen molar-refractivity contribution in [3.05, 3.63) is 23.7 Å². The Kier molecular flexibility index (Phi) is 9.68. The van der Waals surface area contributed by atoms with E-state index in [-0.39, 0.29) is 35.6 Å². The van der Waals surface area contributed by atoms with Crippen molar-refractivity contribution in [1.82, 2.24) is 35.4 Å². The molecule has 2 unspecified atom stereocenters. The van der Waals surface area contributed by atoms with E-state index in [0.717, 1.165) is 24.6 Å². The minimum Gasteiger partial charge on any atom is -0.481 e. The standard InChI is InChI=1S/C24H26F3N9O6S3/c1-2-7-36-22(31-33-34-36)45-11-23(20(40)41)9-35-17(38)15(18(35)44-10-23)29-16(37)14(32-42-12-5-3-4-6-12)13-8-43-21(28-13)30-19(39)24(25,26)27/h2,8,12,15,18H,1,3-7,9-11H2,(H,29,37)(H,40,41)(H,28,30,39)/t15?,18-,23?/m1/s1. The number of rotatable bonds is 12. The van der Waals surface area contributed by atoms with Gasteiger partial charge in [0.1, 0.15) is 28.6 Å². The van der Waals surface area contributed by atoms with Crippen LogP contribution in [0, 0.1) is 5.41 Å². The number of aromatic nitrogens is 5. The van der Waals surface area contributed by atoms with Gasteiger partial charge in [0.05, 0.1) is 6.54 Å². The van der Waals surface area contributed by atoms with Crippen LogP contribution in [0.2, 0.25) is 0 Å². The lowest BCUT2D eigenvalue weighted by molar-refractivity contribution is -0.167. The van der Waals surface area contributed by atoms with Crippen LogP contribution in [0.4, 0.5) is 18.3 Å². The third-order valence-corrected chi connectivity index (χ3v) is 10.8. The van der Waals surface area contributed by atoms with Crippen LogP contribution in [0.1, 0.15) is 31.4 Å². The number of oxime groups is 1. The molecule has 0 radical (unpaired) electrons. The van der Waals surface area contributed by atoms with E-state index in [1.165, 1.54) is 26.7 Å². The van der Waals surface area contributed by atoms with Crippen molar-refractivity contribution in [3.63, 3.8) is 0 Å². The number of amides is 3. The first-order valence-corrected chi connectivity index (χ1v) is 16.4. The first-order valence-electron chi connectivity index (χ1n) is 13.5. The van der Waals surface area contributed by atoms with E-state index in [1.807, 2.05) is 0 Å². The highest BCUT2D eigenvalue weighted by atomic mass is 32.2. The average molecular weight is 690 g/mol. The van der Waals surface area contributed by atoms with Crippen molar-refractivity contribution >= 4 is 69.4 Å². The summed E-state index contributed by atoms with van der Waals surface area (Å²) < 4.78 is 39.6. The molecule has 1 saturated carbocycles. The molecule has 3 N–H and O–H groups in total. The molecule has 2 aromatic heterocycles. The number of tetrazole rings is 1. The molecule has 15 nitrogen and oxygen atoms in total. The van der Waals surface area contributed by atoms with Crippen LogP contribution in [-0.4, -0.2) is 106 Å². The van der Waals surface area contributed by atoms with Crippen molar-refractivity contribution < 1.29 is 42.3 Å². The fourth-order valence-corrected chi connectivity index (χ4v) is 8.23. The second-order valence-electron chi connectivity index (χ2n) is 10.4. The number of carbonyl (C=O) groups is 4. The highest BCUT2D eigenvalue weighted by molar-refractivity contribution is 8.00. The van der Waals surface area contributed by atoms with Crippen LogP contribution in [-0.2, 0) is 30.6 Å². The van der Waals surface area contributed by atoms with Gasteiger partial charge in [0.2, 0.25) is 11.1 Å². The molecule has 1 aliphatic carbocycles. The third-order valence-electron chi connectivity index (χ3n) is 7.20. The topological polar surface area (TPSA) is 194 Å². The predicted molar refractivity (Wildman–Crippen MR) is 155 cm³/mol. The first-order chi connectivity index (χ1) is 21.4. The van der Waals surface area contributed by atoms with Crippen molar-refractivity contribution in [2.45, 2.75) is 61.1 Å². The van der Waals surface area contributed by atoms with E-state index < -0.39 is 51.8 Å². The molecule has 0 bridgehead atoms. The molecule has 242 valence electrons. The Hall–Kier alpha value is -3.72. The summed E-state index contributed by atoms with van der Waals surface area (Å²) in [6.45, 7) is 3.86. The smallest absolute Gasteiger partial charge is 0.471 e. The number of hydrogen-bond donors (Lipinski definition) is 3. The molecule has 45 heavy (non-hydrogen) atoms. The second-order valence-corrected chi connectivity index (χ2v) is 13.3. The average Bonchev–Trinajstić information content (AvgIpc) is 3.78. The lowest BCUT2D eigenvalue weighted by Crippen LogP contribution is -2.74. The Morgan fingerprint density at radius 2 is 2.07 bits per heavy atom. The van der Waals surface area contributed by atoms with Gasteiger partial charge in [-0.25, -0.2) is 9.67 Å². The zero-order valence-electron chi connectivity index (χ0n) is 23.2. The van der Waals surface area contributed by atoms with Gasteiger partial charge in [-0.05, 0) is 36.1 Å². The van der Waals surface area contributed by atoms with Crippen molar-refractivity contribution in [1.29, 1.82) is 0 Å². The zero-order valence-corrected chi connectivity index (χ0v) is 25.7. The molecular weight excluding hydrogens is 664 g/mol. The van der Waals surface area contributed by atoms with E-state index in [0.29, 0.717) is 35.9 Å². The van der Waals surface area contributed by atoms with E-state index in [1.54, 1.807) is 11.4 Å². The number of aliphatic carboxylic acids is 1. The number of nitrogens with one attached hydrogen (secondary N) is 2. The summed E-state index contributed by atoms with van der Waals surface area (Å²) in [6, 6.07) is -1.03. The molecular formula is C24H26F3N9O6S3. The number of thioether (sulfide) groups is 2. The van der Waals surface area contributed by atoms with Gasteiger partial charge in [-0.15, -0.1) is 34.8 Å². The highest BCUT2D eigenvalue weighted by Crippen LogP contribution is 2.44. The van der Waals surface area contributed by atoms with Crippen molar-refractivity contribution in [2.24, 2.45) is 10.6 Å². The fraction of sp³-hybridized carbons (Fsp3) is 0.542. The Morgan fingerprint density at radius 3 is 2.76 bits per heavy atom. The van der Waals surface area contributed by atoms with Gasteiger partial charge in [-0.2, -0.15) is 13.2 Å². The summed E-state index contributed by atoms with van der Waals surface area (Å²) in [4.78, 5) is 61.1. The number of nitrogens with zero attached hydrogens (tertiary/aromatic N) is 7. The number of alkyl halides is 3. The first kappa shape index (κ1) is 32.7. The van der Waals surface area contributed by atoms with Crippen LogP contribution in [0.25, 0.3) is 0 Å². The van der Waals surface area contributed by atoms with Gasteiger partial charge < -0.3 is 20.2 Å². The molecule has 2 saturated heterocycles. The Labute approximate surface area is 265 Å². The number of carbonyl (C=O) groups excluding carboxylic acids is 3. The number of halogens is 3. The van der Waals surface area contributed by atoms with E-state index in [4.69, 9.17) is 4.84 Å². The normalized spacial score (nSPS) is 23.7. The fourth-order valence-electron chi connectivity index (χ4n) is 4.79. The van der Waals surface area contributed by atoms with Gasteiger partial charge in [-0.1, -0.05) is 23.0 Å². The van der Waals surface area contributed by atoms with Crippen molar-refractivity contribution in [2.75, 3.05) is 23.4 Å². The molecule has 5 rings (SSSR count). The number of β-lactam (4-membered cyclic amide) rings is 1. The quantitative estimate of drug-likeness (QED) is 0.0963. The molecule has 3 atom stereocenters. The number of carboxylic acid groups (broad SMARTS) is 1.